The van der Waals surface area contributed by atoms with E-state index in [1.165, 1.54) is 19.1 Å². The van der Waals surface area contributed by atoms with Crippen LogP contribution in [0, 0.1) is 0 Å². The highest BCUT2D eigenvalue weighted by atomic mass is 32.2. The quantitative estimate of drug-likeness (QED) is 0.368. The Hall–Kier alpha value is -1.72. The number of hydrogen-bond acceptors (Lipinski definition) is 4. The Morgan fingerprint density at radius 3 is 2.41 bits per heavy atom. The summed E-state index contributed by atoms with van der Waals surface area (Å²) in [5.74, 6) is 0. The Labute approximate surface area is 198 Å². The number of nitrogens with zero attached hydrogens (tertiary/aromatic N) is 1. The van der Waals surface area contributed by atoms with Crippen molar-refractivity contribution in [1.29, 1.82) is 0 Å². The summed E-state index contributed by atoms with van der Waals surface area (Å²) in [6.45, 7) is 5.62. The van der Waals surface area contributed by atoms with Crippen LogP contribution in [0.3, 0.4) is 0 Å². The number of aliphatic hydroxyl groups is 1. The Morgan fingerprint density at radius 1 is 1.29 bits per heavy atom. The normalized spacial score (nSPS) is 23.2. The molecule has 11 heteroatoms. The molecule has 0 spiro atoms. The summed E-state index contributed by atoms with van der Waals surface area (Å²) in [5, 5.41) is 8.07. The molecule has 0 aromatic heterocycles. The monoisotopic (exact) mass is 515 g/mol. The average molecular weight is 516 g/mol. The molecule has 0 radical (unpaired) electrons. The van der Waals surface area contributed by atoms with E-state index in [-0.39, 0.29) is 23.5 Å². The van der Waals surface area contributed by atoms with E-state index in [9.17, 15) is 30.6 Å². The lowest BCUT2D eigenvalue weighted by Crippen LogP contribution is -2.42. The number of alkyl halides is 6. The minimum Gasteiger partial charge on any atom is -0.396 e. The topological polar surface area (TPSA) is 58.9 Å². The molecule has 34 heavy (non-hydrogen) atoms. The van der Waals surface area contributed by atoms with Gasteiger partial charge in [0.15, 0.2) is 0 Å². The largest absolute Gasteiger partial charge is 0.432 e. The maximum absolute atomic E-state index is 13.1. The van der Waals surface area contributed by atoms with Gasteiger partial charge in [-0.05, 0) is 63.0 Å². The summed E-state index contributed by atoms with van der Waals surface area (Å²) in [6, 6.07) is 4.29. The predicted molar refractivity (Wildman–Crippen MR) is 120 cm³/mol. The fourth-order valence-corrected chi connectivity index (χ4v) is 4.82. The highest BCUT2D eigenvalue weighted by Crippen LogP contribution is 2.38. The van der Waals surface area contributed by atoms with Gasteiger partial charge in [0, 0.05) is 25.2 Å². The highest BCUT2D eigenvalue weighted by molar-refractivity contribution is 7.86. The van der Waals surface area contributed by atoms with Crippen LogP contribution in [0.4, 0.5) is 26.3 Å². The molecule has 0 saturated carbocycles. The number of benzene rings is 1. The van der Waals surface area contributed by atoms with Gasteiger partial charge in [-0.2, -0.15) is 26.3 Å². The number of aliphatic imine (C=N–C) groups is 1. The summed E-state index contributed by atoms with van der Waals surface area (Å²) >= 11 is 0. The van der Waals surface area contributed by atoms with Crippen LogP contribution in [-0.4, -0.2) is 52.3 Å². The summed E-state index contributed by atoms with van der Waals surface area (Å²) in [6.07, 6.45) is -6.61. The molecule has 1 fully saturated rings. The van der Waals surface area contributed by atoms with Crippen molar-refractivity contribution in [3.63, 3.8) is 0 Å². The van der Waals surface area contributed by atoms with Crippen molar-refractivity contribution in [2.45, 2.75) is 74.6 Å². The zero-order valence-electron chi connectivity index (χ0n) is 19.6. The second-order valence-electron chi connectivity index (χ2n) is 8.13. The first-order chi connectivity index (χ1) is 15.7. The van der Waals surface area contributed by atoms with Crippen molar-refractivity contribution in [1.82, 2.24) is 0 Å². The van der Waals surface area contributed by atoms with E-state index in [1.807, 2.05) is 0 Å². The SMILES string of the molecule is CCCCO.CN=C(/C=C(\C)C1CC(C)(S(=O)c2cccc(C(F)(F)F)c2)CCO1)C(F)(F)F. The maximum Gasteiger partial charge on any atom is 0.432 e. The minimum atomic E-state index is -4.62. The maximum atomic E-state index is 13.1. The molecule has 0 aliphatic carbocycles. The highest BCUT2D eigenvalue weighted by Gasteiger charge is 2.41. The van der Waals surface area contributed by atoms with Gasteiger partial charge in [-0.3, -0.25) is 9.20 Å². The third-order valence-corrected chi connectivity index (χ3v) is 7.25. The number of halogens is 6. The molecule has 194 valence electrons. The van der Waals surface area contributed by atoms with Gasteiger partial charge in [-0.1, -0.05) is 19.4 Å². The molecule has 1 saturated heterocycles. The molecule has 2 rings (SSSR count). The van der Waals surface area contributed by atoms with Gasteiger partial charge in [0.1, 0.15) is 5.71 Å². The molecule has 1 aliphatic rings. The van der Waals surface area contributed by atoms with Gasteiger partial charge >= 0.3 is 12.4 Å². The summed E-state index contributed by atoms with van der Waals surface area (Å²) < 4.78 is 95.3. The second kappa shape index (κ2) is 12.8. The first-order valence-electron chi connectivity index (χ1n) is 10.7. The molecule has 0 amide bonds. The number of rotatable bonds is 6. The fraction of sp³-hybridized carbons (Fsp3) is 0.609. The minimum absolute atomic E-state index is 0.0238. The fourth-order valence-electron chi connectivity index (χ4n) is 3.24. The number of unbranched alkanes of at least 4 members (excludes halogenated alkanes) is 1. The van der Waals surface area contributed by atoms with E-state index in [0.717, 1.165) is 38.1 Å². The van der Waals surface area contributed by atoms with Crippen molar-refractivity contribution in [2.24, 2.45) is 4.99 Å². The lowest BCUT2D eigenvalue weighted by atomic mass is 9.92. The molecule has 1 aliphatic heterocycles. The van der Waals surface area contributed by atoms with Gasteiger partial charge in [-0.25, -0.2) is 0 Å². The second-order valence-corrected chi connectivity index (χ2v) is 10.1. The average Bonchev–Trinajstić information content (AvgIpc) is 2.76. The molecular weight excluding hydrogens is 484 g/mol. The predicted octanol–water partition coefficient (Wildman–Crippen LogP) is 6.11. The van der Waals surface area contributed by atoms with Crippen molar-refractivity contribution in [3.8, 4) is 0 Å². The Bertz CT molecular complexity index is 880. The van der Waals surface area contributed by atoms with E-state index in [0.29, 0.717) is 13.0 Å². The number of hydrogen-bond donors (Lipinski definition) is 1. The summed E-state index contributed by atoms with van der Waals surface area (Å²) in [7, 11) is -0.780. The third-order valence-electron chi connectivity index (χ3n) is 5.31. The van der Waals surface area contributed by atoms with E-state index < -0.39 is 45.3 Å². The summed E-state index contributed by atoms with van der Waals surface area (Å²) in [5.41, 5.74) is -1.71. The first-order valence-corrected chi connectivity index (χ1v) is 11.9. The van der Waals surface area contributed by atoms with Crippen molar-refractivity contribution in [3.05, 3.63) is 41.5 Å². The van der Waals surface area contributed by atoms with Crippen molar-refractivity contribution in [2.75, 3.05) is 20.3 Å². The van der Waals surface area contributed by atoms with Gasteiger partial charge in [-0.15, -0.1) is 0 Å². The van der Waals surface area contributed by atoms with E-state index in [4.69, 9.17) is 9.84 Å². The van der Waals surface area contributed by atoms with Crippen LogP contribution in [-0.2, 0) is 21.7 Å². The van der Waals surface area contributed by atoms with Gasteiger partial charge in [0.2, 0.25) is 0 Å². The zero-order chi connectivity index (χ0) is 26.2. The van der Waals surface area contributed by atoms with Crippen LogP contribution < -0.4 is 0 Å². The molecule has 3 unspecified atom stereocenters. The molecule has 1 heterocycles. The van der Waals surface area contributed by atoms with Gasteiger partial charge in [0.25, 0.3) is 0 Å². The van der Waals surface area contributed by atoms with Gasteiger partial charge in [0.05, 0.1) is 27.2 Å². The molecular formula is C23H31F6NO3S. The van der Waals surface area contributed by atoms with Crippen LogP contribution in [0.15, 0.2) is 45.8 Å². The van der Waals surface area contributed by atoms with Crippen molar-refractivity contribution < 1.29 is 40.4 Å². The summed E-state index contributed by atoms with van der Waals surface area (Å²) in [4.78, 5) is 3.26. The van der Waals surface area contributed by atoms with E-state index in [1.54, 1.807) is 6.92 Å². The Kier molecular flexibility index (Phi) is 11.4. The van der Waals surface area contributed by atoms with Crippen LogP contribution in [0.5, 0.6) is 0 Å². The molecule has 1 N–H and O–H groups in total. The third kappa shape index (κ3) is 8.81. The lowest BCUT2D eigenvalue weighted by molar-refractivity contribution is -0.137. The molecule has 3 atom stereocenters. The standard InChI is InChI=1S/C19H21F6NO2S.C4H10O/c1-12(9-16(26-3)19(23,24)25)15-11-17(2,7-8-28-15)29(27)14-6-4-5-13(10-14)18(20,21)22;1-2-3-4-5/h4-6,9-10,15H,7-8,11H2,1-3H3;5H,2-4H2,1H3/b12-9+,26-16?;. The zero-order valence-corrected chi connectivity index (χ0v) is 20.4. The van der Waals surface area contributed by atoms with Crippen molar-refractivity contribution >= 4 is 16.5 Å². The van der Waals surface area contributed by atoms with Gasteiger partial charge < -0.3 is 9.84 Å². The van der Waals surface area contributed by atoms with E-state index in [2.05, 4.69) is 11.9 Å². The number of allylic oxidation sites excluding steroid dienone is 1. The Morgan fingerprint density at radius 2 is 1.94 bits per heavy atom. The molecule has 4 nitrogen and oxygen atoms in total. The lowest BCUT2D eigenvalue weighted by Gasteiger charge is -2.38. The number of ether oxygens (including phenoxy) is 1. The number of aliphatic hydroxyl groups excluding tert-OH is 1. The first kappa shape index (κ1) is 30.3. The van der Waals surface area contributed by atoms with Crippen LogP contribution >= 0.6 is 0 Å². The van der Waals surface area contributed by atoms with Crippen LogP contribution in [0.25, 0.3) is 0 Å². The van der Waals surface area contributed by atoms with Crippen LogP contribution in [0.1, 0.15) is 52.0 Å². The smallest absolute Gasteiger partial charge is 0.396 e. The Balaban J connectivity index is 0.00000104. The van der Waals surface area contributed by atoms with E-state index >= 15 is 0 Å². The molecule has 1 aromatic rings. The van der Waals surface area contributed by atoms with Crippen LogP contribution in [0.2, 0.25) is 0 Å². The molecule has 0 bridgehead atoms. The molecule has 1 aromatic carbocycles.